The minimum absolute atomic E-state index is 0.0102. The summed E-state index contributed by atoms with van der Waals surface area (Å²) < 4.78 is 91.1. The van der Waals surface area contributed by atoms with Gasteiger partial charge in [-0.2, -0.15) is 8.42 Å². The second-order valence-corrected chi connectivity index (χ2v) is 12.9. The largest absolute Gasteiger partial charge is 0.506 e. The lowest BCUT2D eigenvalue weighted by molar-refractivity contribution is 0.458. The molecule has 3 aromatic rings. The first-order chi connectivity index (χ1) is 15.0. The van der Waals surface area contributed by atoms with Crippen molar-refractivity contribution in [2.75, 3.05) is 4.72 Å². The Hall–Kier alpha value is -2.74. The van der Waals surface area contributed by atoms with E-state index in [1.165, 1.54) is 24.3 Å². The molecule has 0 spiro atoms. The van der Waals surface area contributed by atoms with Gasteiger partial charge in [-0.1, -0.05) is 24.3 Å². The Kier molecular flexibility index (Phi) is 6.21. The fourth-order valence-corrected chi connectivity index (χ4v) is 6.32. The molecule has 33 heavy (non-hydrogen) atoms. The van der Waals surface area contributed by atoms with Crippen molar-refractivity contribution in [1.82, 2.24) is 4.72 Å². The molecule has 3 aromatic carbocycles. The molecule has 0 radical (unpaired) electrons. The van der Waals surface area contributed by atoms with Crippen molar-refractivity contribution in [3.8, 4) is 5.75 Å². The van der Waals surface area contributed by atoms with Gasteiger partial charge < -0.3 is 5.11 Å². The van der Waals surface area contributed by atoms with Crippen molar-refractivity contribution in [3.05, 3.63) is 54.6 Å². The lowest BCUT2D eigenvalue weighted by atomic mass is 10.1. The molecule has 0 atom stereocenters. The quantitative estimate of drug-likeness (QED) is 0.427. The molecule has 0 aromatic heterocycles. The summed E-state index contributed by atoms with van der Waals surface area (Å²) in [5.41, 5.74) is -0.816. The van der Waals surface area contributed by atoms with Gasteiger partial charge in [-0.25, -0.2) is 21.6 Å². The van der Waals surface area contributed by atoms with E-state index in [1.807, 2.05) is 0 Å². The Morgan fingerprint density at radius 2 is 1.39 bits per heavy atom. The van der Waals surface area contributed by atoms with Crippen LogP contribution in [-0.4, -0.2) is 35.9 Å². The number of anilines is 1. The molecular formula is C20H21FN2O7S3. The molecule has 0 saturated carbocycles. The topological polar surface area (TPSA) is 147 Å². The van der Waals surface area contributed by atoms with E-state index in [4.69, 9.17) is 0 Å². The predicted octanol–water partition coefficient (Wildman–Crippen LogP) is 3.08. The summed E-state index contributed by atoms with van der Waals surface area (Å²) in [5.74, 6) is -0.573. The van der Waals surface area contributed by atoms with Crippen molar-refractivity contribution in [2.24, 2.45) is 0 Å². The van der Waals surface area contributed by atoms with Crippen LogP contribution in [0.4, 0.5) is 9.57 Å². The number of halogens is 1. The Morgan fingerprint density at radius 1 is 0.788 bits per heavy atom. The van der Waals surface area contributed by atoms with Crippen LogP contribution in [-0.2, 0) is 30.3 Å². The molecule has 0 amide bonds. The maximum atomic E-state index is 13.3. The van der Waals surface area contributed by atoms with Crippen LogP contribution in [0.15, 0.2) is 69.3 Å². The number of rotatable bonds is 6. The maximum absolute atomic E-state index is 13.3. The maximum Gasteiger partial charge on any atom is 0.332 e. The summed E-state index contributed by atoms with van der Waals surface area (Å²) >= 11 is 0. The third kappa shape index (κ3) is 5.43. The summed E-state index contributed by atoms with van der Waals surface area (Å²) in [4.78, 5) is -1.70. The Morgan fingerprint density at radius 3 is 2.00 bits per heavy atom. The second kappa shape index (κ2) is 8.24. The van der Waals surface area contributed by atoms with Gasteiger partial charge in [0, 0.05) is 16.3 Å². The van der Waals surface area contributed by atoms with Gasteiger partial charge in [-0.15, -0.1) is 3.89 Å². The zero-order valence-electron chi connectivity index (χ0n) is 17.7. The molecular weight excluding hydrogens is 495 g/mol. The number of phenols is 1. The van der Waals surface area contributed by atoms with Crippen LogP contribution in [0.3, 0.4) is 0 Å². The van der Waals surface area contributed by atoms with Crippen molar-refractivity contribution in [2.45, 2.75) is 41.0 Å². The van der Waals surface area contributed by atoms with Gasteiger partial charge in [0.05, 0.1) is 15.5 Å². The molecule has 3 N–H and O–H groups in total. The van der Waals surface area contributed by atoms with Crippen molar-refractivity contribution in [1.29, 1.82) is 0 Å². The van der Waals surface area contributed by atoms with Gasteiger partial charge in [0.2, 0.25) is 10.0 Å². The summed E-state index contributed by atoms with van der Waals surface area (Å²) in [5, 5.41) is 10.9. The Bertz CT molecular complexity index is 1560. The van der Waals surface area contributed by atoms with E-state index < -0.39 is 51.3 Å². The summed E-state index contributed by atoms with van der Waals surface area (Å²) in [6.07, 6.45) is 0. The third-order valence-corrected chi connectivity index (χ3v) is 8.34. The first kappa shape index (κ1) is 24.9. The molecule has 0 aliphatic carbocycles. The fraction of sp³-hybridized carbons (Fsp3) is 0.200. The first-order valence-electron chi connectivity index (χ1n) is 9.37. The van der Waals surface area contributed by atoms with Crippen molar-refractivity contribution < 1.29 is 34.2 Å². The molecule has 0 aliphatic heterocycles. The predicted molar refractivity (Wildman–Crippen MR) is 121 cm³/mol. The lowest BCUT2D eigenvalue weighted by Crippen LogP contribution is -2.40. The minimum atomic E-state index is -5.12. The molecule has 0 unspecified atom stereocenters. The van der Waals surface area contributed by atoms with Gasteiger partial charge in [0.15, 0.2) is 0 Å². The number of aromatic hydroxyl groups is 1. The van der Waals surface area contributed by atoms with E-state index in [2.05, 4.69) is 9.44 Å². The third-order valence-electron chi connectivity index (χ3n) is 4.37. The zero-order valence-corrected chi connectivity index (χ0v) is 20.1. The van der Waals surface area contributed by atoms with Gasteiger partial charge in [0.25, 0.3) is 10.0 Å². The monoisotopic (exact) mass is 516 g/mol. The highest BCUT2D eigenvalue weighted by Gasteiger charge is 2.26. The number of hydrogen-bond acceptors (Lipinski definition) is 7. The smallest absolute Gasteiger partial charge is 0.332 e. The standard InChI is InChI=1S/C20H21FN2O7S3/c1-20(2,3)23-33(29,30)18-11-10-15-16(19(18)24)8-5-9-17(15)22-32(27,28)14-7-4-6-13(12-14)31(21,25)26/h4-12,22-24H,1-3H3. The van der Waals surface area contributed by atoms with E-state index in [-0.39, 0.29) is 21.4 Å². The van der Waals surface area contributed by atoms with Crippen molar-refractivity contribution >= 4 is 46.7 Å². The van der Waals surface area contributed by atoms with Crippen LogP contribution < -0.4 is 9.44 Å². The molecule has 0 heterocycles. The minimum Gasteiger partial charge on any atom is -0.506 e. The summed E-state index contributed by atoms with van der Waals surface area (Å²) in [6, 6.07) is 10.4. The highest BCUT2D eigenvalue weighted by molar-refractivity contribution is 7.92. The molecule has 0 saturated heterocycles. The van der Waals surface area contributed by atoms with Crippen LogP contribution in [0.2, 0.25) is 0 Å². The second-order valence-electron chi connectivity index (χ2n) is 8.19. The molecule has 178 valence electrons. The van der Waals surface area contributed by atoms with Gasteiger partial charge >= 0.3 is 10.2 Å². The van der Waals surface area contributed by atoms with E-state index >= 15 is 0 Å². The van der Waals surface area contributed by atoms with Gasteiger partial charge in [0.1, 0.15) is 10.6 Å². The van der Waals surface area contributed by atoms with E-state index in [0.717, 1.165) is 24.3 Å². The number of sulfonamides is 2. The molecule has 0 aliphatic rings. The Balaban J connectivity index is 2.08. The number of benzene rings is 3. The van der Waals surface area contributed by atoms with Gasteiger partial charge in [-0.05, 0) is 51.1 Å². The molecule has 0 bridgehead atoms. The van der Waals surface area contributed by atoms with E-state index in [1.54, 1.807) is 20.8 Å². The molecule has 3 rings (SSSR count). The van der Waals surface area contributed by atoms with Crippen LogP contribution >= 0.6 is 0 Å². The van der Waals surface area contributed by atoms with Crippen LogP contribution in [0.1, 0.15) is 20.8 Å². The number of phenolic OH excluding ortho intramolecular Hbond substituents is 1. The molecule has 0 fully saturated rings. The van der Waals surface area contributed by atoms with E-state index in [0.29, 0.717) is 6.07 Å². The highest BCUT2D eigenvalue weighted by Crippen LogP contribution is 2.36. The number of fused-ring (bicyclic) bond motifs is 1. The fourth-order valence-electron chi connectivity index (χ4n) is 3.08. The highest BCUT2D eigenvalue weighted by atomic mass is 32.3. The van der Waals surface area contributed by atoms with E-state index in [9.17, 15) is 34.2 Å². The summed E-state index contributed by atoms with van der Waals surface area (Å²) in [7, 11) is -13.6. The van der Waals surface area contributed by atoms with Crippen molar-refractivity contribution in [3.63, 3.8) is 0 Å². The lowest BCUT2D eigenvalue weighted by Gasteiger charge is -2.21. The SMILES string of the molecule is CC(C)(C)NS(=O)(=O)c1ccc2c(NS(=O)(=O)c3cccc(S(=O)(=O)F)c3)cccc2c1O. The first-order valence-corrected chi connectivity index (χ1v) is 13.7. The average Bonchev–Trinajstić information content (AvgIpc) is 2.66. The number of hydrogen-bond donors (Lipinski definition) is 3. The van der Waals surface area contributed by atoms with Crippen LogP contribution in [0.25, 0.3) is 10.8 Å². The molecule has 9 nitrogen and oxygen atoms in total. The van der Waals surface area contributed by atoms with Crippen LogP contribution in [0, 0.1) is 0 Å². The Labute approximate surface area is 191 Å². The zero-order chi connectivity index (χ0) is 24.8. The molecule has 13 heteroatoms. The number of nitrogens with one attached hydrogen (secondary N) is 2. The average molecular weight is 517 g/mol. The van der Waals surface area contributed by atoms with Gasteiger partial charge in [-0.3, -0.25) is 4.72 Å². The summed E-state index contributed by atoms with van der Waals surface area (Å²) in [6.45, 7) is 4.91. The van der Waals surface area contributed by atoms with Crippen LogP contribution in [0.5, 0.6) is 5.75 Å². The normalized spacial score (nSPS) is 13.2.